The lowest BCUT2D eigenvalue weighted by Gasteiger charge is -2.39. The Morgan fingerprint density at radius 1 is 1.08 bits per heavy atom. The summed E-state index contributed by atoms with van der Waals surface area (Å²) in [6, 6.07) is 11.9. The molecular formula is C22H24N2O2. The van der Waals surface area contributed by atoms with Crippen molar-refractivity contribution in [1.29, 1.82) is 0 Å². The number of amides is 2. The number of likely N-dealkylation sites (tertiary alicyclic amines) is 1. The van der Waals surface area contributed by atoms with E-state index in [-0.39, 0.29) is 11.8 Å². The maximum absolute atomic E-state index is 13.2. The van der Waals surface area contributed by atoms with Crippen molar-refractivity contribution >= 4 is 17.5 Å². The van der Waals surface area contributed by atoms with Crippen LogP contribution in [-0.4, -0.2) is 29.8 Å². The van der Waals surface area contributed by atoms with Crippen molar-refractivity contribution in [2.75, 3.05) is 18.4 Å². The van der Waals surface area contributed by atoms with Crippen molar-refractivity contribution in [2.45, 2.75) is 39.0 Å². The van der Waals surface area contributed by atoms with E-state index in [4.69, 9.17) is 0 Å². The molecule has 1 saturated heterocycles. The molecule has 0 unspecified atom stereocenters. The fraction of sp³-hybridized carbons (Fsp3) is 0.364. The highest BCUT2D eigenvalue weighted by Crippen LogP contribution is 2.43. The molecule has 4 heteroatoms. The number of nitrogens with one attached hydrogen (secondary N) is 1. The Kier molecular flexibility index (Phi) is 3.87. The molecule has 2 aromatic rings. The first-order valence-electron chi connectivity index (χ1n) is 9.20. The van der Waals surface area contributed by atoms with Crippen LogP contribution in [0.1, 0.15) is 45.5 Å². The van der Waals surface area contributed by atoms with Gasteiger partial charge in [-0.05, 0) is 68.0 Å². The van der Waals surface area contributed by atoms with Gasteiger partial charge in [0.25, 0.3) is 5.91 Å². The van der Waals surface area contributed by atoms with Gasteiger partial charge in [0, 0.05) is 24.3 Å². The van der Waals surface area contributed by atoms with Crippen molar-refractivity contribution in [3.8, 4) is 0 Å². The topological polar surface area (TPSA) is 49.4 Å². The van der Waals surface area contributed by atoms with Crippen LogP contribution in [0.5, 0.6) is 0 Å². The van der Waals surface area contributed by atoms with E-state index in [1.54, 1.807) is 0 Å². The second kappa shape index (κ2) is 5.97. The molecule has 4 nitrogen and oxygen atoms in total. The highest BCUT2D eigenvalue weighted by atomic mass is 16.2. The predicted molar refractivity (Wildman–Crippen MR) is 103 cm³/mol. The molecular weight excluding hydrogens is 324 g/mol. The van der Waals surface area contributed by atoms with Gasteiger partial charge in [0.1, 0.15) is 0 Å². The highest BCUT2D eigenvalue weighted by Gasteiger charge is 2.49. The number of para-hydroxylation sites is 1. The van der Waals surface area contributed by atoms with E-state index in [2.05, 4.69) is 18.3 Å². The zero-order valence-electron chi connectivity index (χ0n) is 15.6. The van der Waals surface area contributed by atoms with Gasteiger partial charge < -0.3 is 10.2 Å². The van der Waals surface area contributed by atoms with E-state index in [1.807, 2.05) is 49.1 Å². The Hall–Kier alpha value is -2.62. The van der Waals surface area contributed by atoms with Gasteiger partial charge >= 0.3 is 0 Å². The zero-order chi connectivity index (χ0) is 18.5. The SMILES string of the molecule is Cc1cc(C)c(C(=O)N2CCC[C@]3(C2)C(=O)Nc2ccccc23)cc1C. The summed E-state index contributed by atoms with van der Waals surface area (Å²) in [5.74, 6) is 0.0508. The highest BCUT2D eigenvalue weighted by molar-refractivity contribution is 6.07. The lowest BCUT2D eigenvalue weighted by molar-refractivity contribution is -0.122. The molecule has 2 aliphatic rings. The van der Waals surface area contributed by atoms with Crippen LogP contribution in [0.15, 0.2) is 36.4 Å². The summed E-state index contributed by atoms with van der Waals surface area (Å²) in [4.78, 5) is 27.9. The standard InChI is InChI=1S/C22H24N2O2/c1-14-11-16(3)17(12-15(14)2)20(25)24-10-6-9-22(13-24)18-7-4-5-8-19(18)23-21(22)26/h4-5,7-8,11-12H,6,9-10,13H2,1-3H3,(H,23,26)/t22-/m1/s1. The number of benzene rings is 2. The lowest BCUT2D eigenvalue weighted by atomic mass is 9.75. The van der Waals surface area contributed by atoms with Crippen LogP contribution in [0.2, 0.25) is 0 Å². The molecule has 2 amide bonds. The average molecular weight is 348 g/mol. The molecule has 1 N–H and O–H groups in total. The van der Waals surface area contributed by atoms with E-state index in [9.17, 15) is 9.59 Å². The van der Waals surface area contributed by atoms with E-state index < -0.39 is 5.41 Å². The molecule has 2 aliphatic heterocycles. The van der Waals surface area contributed by atoms with Crippen molar-refractivity contribution in [1.82, 2.24) is 4.90 Å². The normalized spacial score (nSPS) is 21.7. The molecule has 2 heterocycles. The smallest absolute Gasteiger partial charge is 0.254 e. The molecule has 0 radical (unpaired) electrons. The molecule has 2 aromatic carbocycles. The molecule has 1 atom stereocenters. The molecule has 0 aliphatic carbocycles. The van der Waals surface area contributed by atoms with Crippen LogP contribution in [0.3, 0.4) is 0 Å². The number of carbonyl (C=O) groups is 2. The Morgan fingerprint density at radius 3 is 2.62 bits per heavy atom. The first kappa shape index (κ1) is 16.8. The first-order valence-corrected chi connectivity index (χ1v) is 9.20. The fourth-order valence-electron chi connectivity index (χ4n) is 4.37. The Bertz CT molecular complexity index is 918. The number of aryl methyl sites for hydroxylation is 3. The second-order valence-corrected chi connectivity index (χ2v) is 7.66. The Labute approximate surface area is 154 Å². The van der Waals surface area contributed by atoms with Crippen LogP contribution >= 0.6 is 0 Å². The van der Waals surface area contributed by atoms with Crippen LogP contribution < -0.4 is 5.32 Å². The minimum absolute atomic E-state index is 0.0213. The third kappa shape index (κ3) is 2.44. The van der Waals surface area contributed by atoms with Gasteiger partial charge in [-0.3, -0.25) is 9.59 Å². The number of carbonyl (C=O) groups excluding carboxylic acids is 2. The summed E-state index contributed by atoms with van der Waals surface area (Å²) in [5, 5.41) is 3.01. The van der Waals surface area contributed by atoms with E-state index in [1.165, 1.54) is 5.56 Å². The van der Waals surface area contributed by atoms with Gasteiger partial charge in [-0.1, -0.05) is 24.3 Å². The van der Waals surface area contributed by atoms with Crippen LogP contribution in [0, 0.1) is 20.8 Å². The predicted octanol–water partition coefficient (Wildman–Crippen LogP) is 3.74. The van der Waals surface area contributed by atoms with Crippen molar-refractivity contribution in [2.24, 2.45) is 0 Å². The van der Waals surface area contributed by atoms with Gasteiger partial charge in [-0.2, -0.15) is 0 Å². The van der Waals surface area contributed by atoms with Crippen LogP contribution in [0.4, 0.5) is 5.69 Å². The summed E-state index contributed by atoms with van der Waals surface area (Å²) in [7, 11) is 0. The molecule has 134 valence electrons. The largest absolute Gasteiger partial charge is 0.337 e. The minimum Gasteiger partial charge on any atom is -0.337 e. The molecule has 1 fully saturated rings. The summed E-state index contributed by atoms with van der Waals surface area (Å²) in [5.41, 5.74) is 5.35. The van der Waals surface area contributed by atoms with E-state index >= 15 is 0 Å². The van der Waals surface area contributed by atoms with Crippen LogP contribution in [-0.2, 0) is 10.2 Å². The summed E-state index contributed by atoms with van der Waals surface area (Å²) in [6.07, 6.45) is 1.61. The number of nitrogens with zero attached hydrogens (tertiary/aromatic N) is 1. The van der Waals surface area contributed by atoms with Gasteiger partial charge in [-0.25, -0.2) is 0 Å². The molecule has 4 rings (SSSR count). The second-order valence-electron chi connectivity index (χ2n) is 7.66. The number of piperidine rings is 1. The number of fused-ring (bicyclic) bond motifs is 2. The van der Waals surface area contributed by atoms with Gasteiger partial charge in [0.15, 0.2) is 0 Å². The van der Waals surface area contributed by atoms with E-state index in [0.29, 0.717) is 13.1 Å². The quantitative estimate of drug-likeness (QED) is 0.853. The van der Waals surface area contributed by atoms with Gasteiger partial charge in [0.05, 0.1) is 5.41 Å². The molecule has 1 spiro atoms. The average Bonchev–Trinajstić information content (AvgIpc) is 2.89. The third-order valence-electron chi connectivity index (χ3n) is 5.98. The van der Waals surface area contributed by atoms with Crippen LogP contribution in [0.25, 0.3) is 0 Å². The number of hydrogen-bond donors (Lipinski definition) is 1. The van der Waals surface area contributed by atoms with Crippen molar-refractivity contribution < 1.29 is 9.59 Å². The lowest BCUT2D eigenvalue weighted by Crippen LogP contribution is -2.52. The molecule has 0 aromatic heterocycles. The summed E-state index contributed by atoms with van der Waals surface area (Å²) >= 11 is 0. The summed E-state index contributed by atoms with van der Waals surface area (Å²) < 4.78 is 0. The minimum atomic E-state index is -0.613. The van der Waals surface area contributed by atoms with Gasteiger partial charge in [-0.15, -0.1) is 0 Å². The van der Waals surface area contributed by atoms with Crippen molar-refractivity contribution in [3.63, 3.8) is 0 Å². The number of anilines is 1. The Balaban J connectivity index is 1.69. The number of rotatable bonds is 1. The maximum Gasteiger partial charge on any atom is 0.254 e. The number of hydrogen-bond acceptors (Lipinski definition) is 2. The molecule has 0 bridgehead atoms. The van der Waals surface area contributed by atoms with E-state index in [0.717, 1.165) is 40.8 Å². The maximum atomic E-state index is 13.2. The van der Waals surface area contributed by atoms with Crippen molar-refractivity contribution in [3.05, 3.63) is 64.2 Å². The molecule has 26 heavy (non-hydrogen) atoms. The Morgan fingerprint density at radius 2 is 1.81 bits per heavy atom. The zero-order valence-corrected chi connectivity index (χ0v) is 15.6. The third-order valence-corrected chi connectivity index (χ3v) is 5.98. The van der Waals surface area contributed by atoms with Gasteiger partial charge in [0.2, 0.25) is 5.91 Å². The summed E-state index contributed by atoms with van der Waals surface area (Å²) in [6.45, 7) is 7.22. The molecule has 0 saturated carbocycles. The first-order chi connectivity index (χ1) is 12.4. The fourth-order valence-corrected chi connectivity index (χ4v) is 4.37. The monoisotopic (exact) mass is 348 g/mol.